The summed E-state index contributed by atoms with van der Waals surface area (Å²) in [6, 6.07) is 12.3. The number of piperidine rings is 1. The molecule has 0 saturated carbocycles. The molecule has 31 heavy (non-hydrogen) atoms. The third kappa shape index (κ3) is 5.19. The Morgan fingerprint density at radius 2 is 1.81 bits per heavy atom. The predicted octanol–water partition coefficient (Wildman–Crippen LogP) is 3.87. The number of rotatable bonds is 7. The quantitative estimate of drug-likeness (QED) is 0.698. The fraction of sp³-hybridized carbons (Fsp3) is 0.435. The molecule has 1 fully saturated rings. The number of hydrogen-bond acceptors (Lipinski definition) is 5. The Labute approximate surface area is 184 Å². The summed E-state index contributed by atoms with van der Waals surface area (Å²) in [4.78, 5) is 13.0. The van der Waals surface area contributed by atoms with Crippen molar-refractivity contribution in [3.8, 4) is 11.5 Å². The zero-order valence-corrected chi connectivity index (χ0v) is 19.2. The second-order valence-electron chi connectivity index (χ2n) is 7.98. The van der Waals surface area contributed by atoms with Gasteiger partial charge in [-0.05, 0) is 60.7 Å². The molecule has 0 spiro atoms. The molecule has 0 radical (unpaired) electrons. The van der Waals surface area contributed by atoms with Crippen molar-refractivity contribution in [3.05, 3.63) is 48.0 Å². The molecular weight excluding hydrogens is 416 g/mol. The molecule has 7 nitrogen and oxygen atoms in total. The van der Waals surface area contributed by atoms with Gasteiger partial charge in [0.05, 0.1) is 20.1 Å². The van der Waals surface area contributed by atoms with Crippen LogP contribution in [0.4, 0.5) is 5.69 Å². The predicted molar refractivity (Wildman–Crippen MR) is 120 cm³/mol. The van der Waals surface area contributed by atoms with Gasteiger partial charge in [0.2, 0.25) is 15.9 Å². The van der Waals surface area contributed by atoms with E-state index < -0.39 is 15.9 Å². The van der Waals surface area contributed by atoms with Crippen molar-refractivity contribution < 1.29 is 22.7 Å². The SMILES string of the molecule is COc1ccc(NC(=O)[C@H]2CCCN(S(=O)(=O)c3cc(C(C)C)ccc3OC)C2)cc1. The molecule has 1 N–H and O–H groups in total. The van der Waals surface area contributed by atoms with Gasteiger partial charge in [0.15, 0.2) is 0 Å². The maximum absolute atomic E-state index is 13.4. The number of methoxy groups -OCH3 is 2. The fourth-order valence-electron chi connectivity index (χ4n) is 3.69. The molecule has 2 aromatic rings. The number of nitrogens with zero attached hydrogens (tertiary/aromatic N) is 1. The molecule has 2 aromatic carbocycles. The van der Waals surface area contributed by atoms with Gasteiger partial charge in [-0.1, -0.05) is 19.9 Å². The van der Waals surface area contributed by atoms with Gasteiger partial charge in [0.25, 0.3) is 0 Å². The molecule has 0 aromatic heterocycles. The lowest BCUT2D eigenvalue weighted by Gasteiger charge is -2.31. The summed E-state index contributed by atoms with van der Waals surface area (Å²) in [6.07, 6.45) is 1.25. The van der Waals surface area contributed by atoms with Crippen molar-refractivity contribution in [3.63, 3.8) is 0 Å². The van der Waals surface area contributed by atoms with Crippen LogP contribution in [0.15, 0.2) is 47.4 Å². The molecule has 1 aliphatic rings. The standard InChI is InChI=1S/C23H30N2O5S/c1-16(2)17-7-12-21(30-4)22(14-17)31(27,28)25-13-5-6-18(15-25)23(26)24-19-8-10-20(29-3)11-9-19/h7-12,14,16,18H,5-6,13,15H2,1-4H3,(H,24,26)/t18-/m0/s1. The Morgan fingerprint density at radius 1 is 1.10 bits per heavy atom. The Hall–Kier alpha value is -2.58. The highest BCUT2D eigenvalue weighted by atomic mass is 32.2. The van der Waals surface area contributed by atoms with Gasteiger partial charge in [0.1, 0.15) is 16.4 Å². The third-order valence-electron chi connectivity index (χ3n) is 5.58. The first-order valence-electron chi connectivity index (χ1n) is 10.4. The minimum absolute atomic E-state index is 0.138. The summed E-state index contributed by atoms with van der Waals surface area (Å²) in [6.45, 7) is 4.54. The Morgan fingerprint density at radius 3 is 2.42 bits per heavy atom. The molecule has 3 rings (SSSR count). The van der Waals surface area contributed by atoms with Crippen LogP contribution in [-0.2, 0) is 14.8 Å². The van der Waals surface area contributed by atoms with Crippen molar-refractivity contribution >= 4 is 21.6 Å². The van der Waals surface area contributed by atoms with Crippen LogP contribution < -0.4 is 14.8 Å². The third-order valence-corrected chi connectivity index (χ3v) is 7.47. The van der Waals surface area contributed by atoms with Crippen LogP contribution in [0.2, 0.25) is 0 Å². The number of amides is 1. The summed E-state index contributed by atoms with van der Waals surface area (Å²) in [7, 11) is -0.754. The van der Waals surface area contributed by atoms with Crippen molar-refractivity contribution in [2.45, 2.75) is 37.5 Å². The van der Waals surface area contributed by atoms with Crippen LogP contribution in [0.1, 0.15) is 38.2 Å². The Bertz CT molecular complexity index is 1020. The van der Waals surface area contributed by atoms with Gasteiger partial charge in [0, 0.05) is 18.8 Å². The normalized spacial score (nSPS) is 17.4. The summed E-state index contributed by atoms with van der Waals surface area (Å²) in [5.41, 5.74) is 1.57. The largest absolute Gasteiger partial charge is 0.497 e. The lowest BCUT2D eigenvalue weighted by molar-refractivity contribution is -0.120. The first-order valence-corrected chi connectivity index (χ1v) is 11.8. The second-order valence-corrected chi connectivity index (χ2v) is 9.89. The van der Waals surface area contributed by atoms with E-state index in [9.17, 15) is 13.2 Å². The number of benzene rings is 2. The van der Waals surface area contributed by atoms with Gasteiger partial charge in [-0.25, -0.2) is 8.42 Å². The number of carbonyl (C=O) groups excluding carboxylic acids is 1. The number of ether oxygens (including phenoxy) is 2. The van der Waals surface area contributed by atoms with Crippen LogP contribution in [0.5, 0.6) is 11.5 Å². The average Bonchev–Trinajstić information content (AvgIpc) is 2.79. The minimum Gasteiger partial charge on any atom is -0.497 e. The molecule has 1 atom stereocenters. The molecule has 1 amide bonds. The molecule has 1 heterocycles. The maximum atomic E-state index is 13.4. The topological polar surface area (TPSA) is 84.9 Å². The monoisotopic (exact) mass is 446 g/mol. The van der Waals surface area contributed by atoms with Crippen molar-refractivity contribution in [2.24, 2.45) is 5.92 Å². The zero-order chi connectivity index (χ0) is 22.6. The highest BCUT2D eigenvalue weighted by molar-refractivity contribution is 7.89. The van der Waals surface area contributed by atoms with E-state index in [1.54, 1.807) is 43.5 Å². The van der Waals surface area contributed by atoms with E-state index in [0.717, 1.165) is 5.56 Å². The number of sulfonamides is 1. The first kappa shape index (κ1) is 23.1. The molecular formula is C23H30N2O5S. The molecule has 168 valence electrons. The molecule has 0 aliphatic carbocycles. The molecule has 8 heteroatoms. The van der Waals surface area contributed by atoms with Gasteiger partial charge < -0.3 is 14.8 Å². The average molecular weight is 447 g/mol. The van der Waals surface area contributed by atoms with E-state index in [0.29, 0.717) is 36.6 Å². The van der Waals surface area contributed by atoms with Crippen LogP contribution in [-0.4, -0.2) is 45.9 Å². The fourth-order valence-corrected chi connectivity index (χ4v) is 5.40. The first-order chi connectivity index (χ1) is 14.8. The molecule has 0 unspecified atom stereocenters. The van der Waals surface area contributed by atoms with Gasteiger partial charge in [-0.2, -0.15) is 4.31 Å². The van der Waals surface area contributed by atoms with E-state index >= 15 is 0 Å². The number of carbonyl (C=O) groups is 1. The Balaban J connectivity index is 1.78. The van der Waals surface area contributed by atoms with Gasteiger partial charge >= 0.3 is 0 Å². The van der Waals surface area contributed by atoms with Crippen LogP contribution in [0, 0.1) is 5.92 Å². The van der Waals surface area contributed by atoms with Crippen LogP contribution in [0.25, 0.3) is 0 Å². The number of nitrogens with one attached hydrogen (secondary N) is 1. The van der Waals surface area contributed by atoms with Gasteiger partial charge in [-0.3, -0.25) is 4.79 Å². The van der Waals surface area contributed by atoms with E-state index in [1.807, 2.05) is 19.9 Å². The highest BCUT2D eigenvalue weighted by Crippen LogP contribution is 2.32. The van der Waals surface area contributed by atoms with Crippen LogP contribution in [0.3, 0.4) is 0 Å². The lowest BCUT2D eigenvalue weighted by atomic mass is 9.98. The van der Waals surface area contributed by atoms with Crippen molar-refractivity contribution in [1.29, 1.82) is 0 Å². The molecule has 0 bridgehead atoms. The smallest absolute Gasteiger partial charge is 0.246 e. The maximum Gasteiger partial charge on any atom is 0.246 e. The summed E-state index contributed by atoms with van der Waals surface area (Å²) < 4.78 is 38.7. The van der Waals surface area contributed by atoms with Gasteiger partial charge in [-0.15, -0.1) is 0 Å². The van der Waals surface area contributed by atoms with E-state index in [1.165, 1.54) is 11.4 Å². The summed E-state index contributed by atoms with van der Waals surface area (Å²) in [5, 5.41) is 2.88. The van der Waals surface area contributed by atoms with E-state index in [2.05, 4.69) is 5.32 Å². The Kier molecular flexibility index (Phi) is 7.23. The van der Waals surface area contributed by atoms with Crippen LogP contribution >= 0.6 is 0 Å². The summed E-state index contributed by atoms with van der Waals surface area (Å²) >= 11 is 0. The number of hydrogen-bond donors (Lipinski definition) is 1. The van der Waals surface area contributed by atoms with E-state index in [-0.39, 0.29) is 23.3 Å². The summed E-state index contributed by atoms with van der Waals surface area (Å²) in [5.74, 6) is 0.585. The van der Waals surface area contributed by atoms with Crippen molar-refractivity contribution in [1.82, 2.24) is 4.31 Å². The van der Waals surface area contributed by atoms with Crippen molar-refractivity contribution in [2.75, 3.05) is 32.6 Å². The highest BCUT2D eigenvalue weighted by Gasteiger charge is 2.35. The molecule has 1 aliphatic heterocycles. The second kappa shape index (κ2) is 9.70. The number of anilines is 1. The minimum atomic E-state index is -3.80. The molecule has 1 saturated heterocycles. The zero-order valence-electron chi connectivity index (χ0n) is 18.4. The van der Waals surface area contributed by atoms with E-state index in [4.69, 9.17) is 9.47 Å². The lowest BCUT2D eigenvalue weighted by Crippen LogP contribution is -2.43.